The second-order valence-electron chi connectivity index (χ2n) is 3.55. The molecule has 13 heavy (non-hydrogen) atoms. The van der Waals surface area contributed by atoms with E-state index in [4.69, 9.17) is 4.74 Å². The molecule has 4 heteroatoms. The monoisotopic (exact) mass is 186 g/mol. The zero-order valence-corrected chi connectivity index (χ0v) is 8.30. The fourth-order valence-electron chi connectivity index (χ4n) is 1.62. The number of piperidine rings is 1. The minimum Gasteiger partial charge on any atom is -0.364 e. The van der Waals surface area contributed by atoms with E-state index in [0.29, 0.717) is 12.6 Å². The fraction of sp³-hybridized carbons (Fsp3) is 0.889. The van der Waals surface area contributed by atoms with Gasteiger partial charge in [0.25, 0.3) is 0 Å². The first-order valence-electron chi connectivity index (χ1n) is 4.73. The Kier molecular flexibility index (Phi) is 4.18. The van der Waals surface area contributed by atoms with E-state index in [1.165, 1.54) is 0 Å². The maximum atomic E-state index is 11.5. The Hall–Kier alpha value is -0.610. The van der Waals surface area contributed by atoms with Crippen molar-refractivity contribution in [1.82, 2.24) is 10.6 Å². The van der Waals surface area contributed by atoms with E-state index in [9.17, 15) is 4.79 Å². The van der Waals surface area contributed by atoms with Crippen LogP contribution in [0.2, 0.25) is 0 Å². The van der Waals surface area contributed by atoms with Crippen molar-refractivity contribution in [1.29, 1.82) is 0 Å². The lowest BCUT2D eigenvalue weighted by atomic mass is 9.87. The van der Waals surface area contributed by atoms with Crippen LogP contribution >= 0.6 is 0 Å². The summed E-state index contributed by atoms with van der Waals surface area (Å²) < 4.78 is 4.79. The summed E-state index contributed by atoms with van der Waals surface area (Å²) in [6.45, 7) is 4.24. The maximum Gasteiger partial charge on any atom is 0.226 e. The molecule has 4 nitrogen and oxygen atoms in total. The summed E-state index contributed by atoms with van der Waals surface area (Å²) in [5.74, 6) is 0.670. The molecule has 1 heterocycles. The molecule has 1 amide bonds. The molecule has 1 aliphatic heterocycles. The molecule has 1 saturated heterocycles. The number of amides is 1. The van der Waals surface area contributed by atoms with E-state index in [2.05, 4.69) is 17.6 Å². The summed E-state index contributed by atoms with van der Waals surface area (Å²) in [7, 11) is 1.57. The SMILES string of the molecule is COCNC(=O)C1CNCCC1C. The van der Waals surface area contributed by atoms with E-state index < -0.39 is 0 Å². The third-order valence-corrected chi connectivity index (χ3v) is 2.56. The van der Waals surface area contributed by atoms with E-state index in [-0.39, 0.29) is 11.8 Å². The summed E-state index contributed by atoms with van der Waals surface area (Å²) in [4.78, 5) is 11.5. The van der Waals surface area contributed by atoms with Gasteiger partial charge in [-0.15, -0.1) is 0 Å². The van der Waals surface area contributed by atoms with Gasteiger partial charge in [-0.2, -0.15) is 0 Å². The Balaban J connectivity index is 2.35. The lowest BCUT2D eigenvalue weighted by Crippen LogP contribution is -2.45. The first kappa shape index (κ1) is 10.5. The number of carbonyl (C=O) groups excluding carboxylic acids is 1. The normalized spacial score (nSPS) is 28.5. The second kappa shape index (κ2) is 5.19. The number of carbonyl (C=O) groups is 1. The first-order chi connectivity index (χ1) is 6.25. The van der Waals surface area contributed by atoms with Crippen molar-refractivity contribution in [2.24, 2.45) is 11.8 Å². The summed E-state index contributed by atoms with van der Waals surface area (Å²) in [5.41, 5.74) is 0. The maximum absolute atomic E-state index is 11.5. The van der Waals surface area contributed by atoms with Crippen molar-refractivity contribution >= 4 is 5.91 Å². The molecule has 1 aliphatic rings. The van der Waals surface area contributed by atoms with Gasteiger partial charge in [0.2, 0.25) is 5.91 Å². The Labute approximate surface area is 79.0 Å². The van der Waals surface area contributed by atoms with Gasteiger partial charge in [0, 0.05) is 13.7 Å². The van der Waals surface area contributed by atoms with Crippen molar-refractivity contribution in [2.45, 2.75) is 13.3 Å². The third kappa shape index (κ3) is 2.97. The highest BCUT2D eigenvalue weighted by atomic mass is 16.5. The van der Waals surface area contributed by atoms with Crippen molar-refractivity contribution in [3.63, 3.8) is 0 Å². The topological polar surface area (TPSA) is 50.4 Å². The van der Waals surface area contributed by atoms with Crippen LogP contribution in [0.25, 0.3) is 0 Å². The molecule has 0 aromatic carbocycles. The van der Waals surface area contributed by atoms with Crippen LogP contribution in [0, 0.1) is 11.8 Å². The molecule has 0 aromatic rings. The van der Waals surface area contributed by atoms with Crippen LogP contribution in [-0.4, -0.2) is 32.8 Å². The van der Waals surface area contributed by atoms with Crippen LogP contribution in [-0.2, 0) is 9.53 Å². The van der Waals surface area contributed by atoms with Gasteiger partial charge in [0.05, 0.1) is 5.92 Å². The van der Waals surface area contributed by atoms with Gasteiger partial charge in [-0.25, -0.2) is 0 Å². The average Bonchev–Trinajstić information content (AvgIpc) is 2.15. The smallest absolute Gasteiger partial charge is 0.226 e. The minimum atomic E-state index is 0.0987. The molecular weight excluding hydrogens is 168 g/mol. The van der Waals surface area contributed by atoms with Gasteiger partial charge in [0.15, 0.2) is 0 Å². The van der Waals surface area contributed by atoms with Gasteiger partial charge < -0.3 is 15.4 Å². The van der Waals surface area contributed by atoms with Crippen molar-refractivity contribution in [3.8, 4) is 0 Å². The number of rotatable bonds is 3. The number of hydrogen-bond donors (Lipinski definition) is 2. The summed E-state index contributed by atoms with van der Waals surface area (Å²) in [5, 5.41) is 5.95. The van der Waals surface area contributed by atoms with Crippen molar-refractivity contribution in [2.75, 3.05) is 26.9 Å². The Bertz CT molecular complexity index is 173. The molecule has 0 aromatic heterocycles. The zero-order chi connectivity index (χ0) is 9.68. The predicted octanol–water partition coefficient (Wildman–Crippen LogP) is -0.0479. The van der Waals surface area contributed by atoms with E-state index >= 15 is 0 Å². The number of methoxy groups -OCH3 is 1. The highest BCUT2D eigenvalue weighted by molar-refractivity contribution is 5.79. The molecule has 2 unspecified atom stereocenters. The van der Waals surface area contributed by atoms with Crippen molar-refractivity contribution in [3.05, 3.63) is 0 Å². The molecule has 0 aliphatic carbocycles. The third-order valence-electron chi connectivity index (χ3n) is 2.56. The molecule has 0 spiro atoms. The van der Waals surface area contributed by atoms with Gasteiger partial charge in [-0.05, 0) is 18.9 Å². The lowest BCUT2D eigenvalue weighted by molar-refractivity contribution is -0.128. The number of nitrogens with one attached hydrogen (secondary N) is 2. The zero-order valence-electron chi connectivity index (χ0n) is 8.30. The average molecular weight is 186 g/mol. The quantitative estimate of drug-likeness (QED) is 0.608. The second-order valence-corrected chi connectivity index (χ2v) is 3.55. The van der Waals surface area contributed by atoms with Gasteiger partial charge in [-0.3, -0.25) is 4.79 Å². The van der Waals surface area contributed by atoms with Crippen LogP contribution in [0.4, 0.5) is 0 Å². The van der Waals surface area contributed by atoms with Gasteiger partial charge in [0.1, 0.15) is 6.73 Å². The Morgan fingerprint density at radius 3 is 3.08 bits per heavy atom. The number of hydrogen-bond acceptors (Lipinski definition) is 3. The van der Waals surface area contributed by atoms with Crippen LogP contribution in [0.1, 0.15) is 13.3 Å². The summed E-state index contributed by atoms with van der Waals surface area (Å²) in [6, 6.07) is 0. The fourth-order valence-corrected chi connectivity index (χ4v) is 1.62. The van der Waals surface area contributed by atoms with Gasteiger partial charge in [-0.1, -0.05) is 6.92 Å². The molecule has 2 atom stereocenters. The van der Waals surface area contributed by atoms with E-state index in [1.807, 2.05) is 0 Å². The molecule has 0 saturated carbocycles. The molecule has 2 N–H and O–H groups in total. The number of ether oxygens (including phenoxy) is 1. The van der Waals surface area contributed by atoms with E-state index in [0.717, 1.165) is 19.5 Å². The standard InChI is InChI=1S/C9H18N2O2/c1-7-3-4-10-5-8(7)9(12)11-6-13-2/h7-8,10H,3-6H2,1-2H3,(H,11,12). The summed E-state index contributed by atoms with van der Waals surface area (Å²) in [6.07, 6.45) is 1.07. The Morgan fingerprint density at radius 1 is 1.69 bits per heavy atom. The minimum absolute atomic E-state index is 0.0987. The van der Waals surface area contributed by atoms with Crippen LogP contribution in [0.5, 0.6) is 0 Å². The molecule has 1 fully saturated rings. The summed E-state index contributed by atoms with van der Waals surface area (Å²) >= 11 is 0. The molecule has 1 rings (SSSR count). The molecule has 0 bridgehead atoms. The van der Waals surface area contributed by atoms with Crippen LogP contribution in [0.3, 0.4) is 0 Å². The molecular formula is C9H18N2O2. The van der Waals surface area contributed by atoms with Crippen LogP contribution in [0.15, 0.2) is 0 Å². The first-order valence-corrected chi connectivity index (χ1v) is 4.73. The molecule has 0 radical (unpaired) electrons. The van der Waals surface area contributed by atoms with E-state index in [1.54, 1.807) is 7.11 Å². The highest BCUT2D eigenvalue weighted by Crippen LogP contribution is 2.17. The lowest BCUT2D eigenvalue weighted by Gasteiger charge is -2.28. The van der Waals surface area contributed by atoms with Crippen LogP contribution < -0.4 is 10.6 Å². The van der Waals surface area contributed by atoms with Crippen molar-refractivity contribution < 1.29 is 9.53 Å². The molecule has 76 valence electrons. The predicted molar refractivity (Wildman–Crippen MR) is 50.2 cm³/mol. The van der Waals surface area contributed by atoms with Gasteiger partial charge >= 0.3 is 0 Å². The Morgan fingerprint density at radius 2 is 2.46 bits per heavy atom. The highest BCUT2D eigenvalue weighted by Gasteiger charge is 2.26. The largest absolute Gasteiger partial charge is 0.364 e.